The van der Waals surface area contributed by atoms with E-state index in [9.17, 15) is 4.79 Å². The highest BCUT2D eigenvalue weighted by molar-refractivity contribution is 5.78. The lowest BCUT2D eigenvalue weighted by molar-refractivity contribution is -0.123. The van der Waals surface area contributed by atoms with E-state index in [4.69, 9.17) is 9.47 Å². The van der Waals surface area contributed by atoms with Gasteiger partial charge in [-0.1, -0.05) is 19.9 Å². The number of hydrogen-bond donors (Lipinski definition) is 0. The second-order valence-electron chi connectivity index (χ2n) is 5.05. The molecule has 3 heteroatoms. The van der Waals surface area contributed by atoms with E-state index >= 15 is 0 Å². The van der Waals surface area contributed by atoms with Crippen molar-refractivity contribution >= 4 is 5.78 Å². The fraction of sp³-hybridized carbons (Fsp3) is 0.800. The first-order valence-corrected chi connectivity index (χ1v) is 6.73. The largest absolute Gasteiger partial charge is 0.356 e. The Morgan fingerprint density at radius 2 is 1.83 bits per heavy atom. The molecule has 0 bridgehead atoms. The average molecular weight is 256 g/mol. The van der Waals surface area contributed by atoms with E-state index in [0.717, 1.165) is 19.3 Å². The zero-order valence-electron chi connectivity index (χ0n) is 12.3. The number of ether oxygens (including phenoxy) is 2. The molecule has 1 unspecified atom stereocenters. The second kappa shape index (κ2) is 10.3. The lowest BCUT2D eigenvalue weighted by atomic mass is 9.87. The predicted molar refractivity (Wildman–Crippen MR) is 74.4 cm³/mol. The van der Waals surface area contributed by atoms with Crippen LogP contribution in [0.15, 0.2) is 12.7 Å². The summed E-state index contributed by atoms with van der Waals surface area (Å²) in [5, 5.41) is 0. The molecule has 0 spiro atoms. The Labute approximate surface area is 112 Å². The summed E-state index contributed by atoms with van der Waals surface area (Å²) in [4.78, 5) is 11.6. The molecule has 0 saturated heterocycles. The lowest BCUT2D eigenvalue weighted by Crippen LogP contribution is -2.22. The van der Waals surface area contributed by atoms with Gasteiger partial charge in [-0.05, 0) is 24.7 Å². The zero-order chi connectivity index (χ0) is 14.0. The van der Waals surface area contributed by atoms with Crippen molar-refractivity contribution in [3.05, 3.63) is 12.7 Å². The van der Waals surface area contributed by atoms with Crippen molar-refractivity contribution in [2.24, 2.45) is 11.8 Å². The molecule has 0 aliphatic carbocycles. The summed E-state index contributed by atoms with van der Waals surface area (Å²) in [5.74, 6) is 1.32. The maximum Gasteiger partial charge on any atom is 0.157 e. The first-order chi connectivity index (χ1) is 8.54. The summed E-state index contributed by atoms with van der Waals surface area (Å²) in [7, 11) is 3.31. The van der Waals surface area contributed by atoms with Gasteiger partial charge in [-0.3, -0.25) is 4.79 Å². The fourth-order valence-corrected chi connectivity index (χ4v) is 1.99. The summed E-state index contributed by atoms with van der Waals surface area (Å²) < 4.78 is 10.5. The smallest absolute Gasteiger partial charge is 0.157 e. The summed E-state index contributed by atoms with van der Waals surface area (Å²) in [6, 6.07) is 0. The molecule has 0 aliphatic heterocycles. The van der Waals surface area contributed by atoms with Crippen LogP contribution in [0.2, 0.25) is 0 Å². The monoisotopic (exact) mass is 256 g/mol. The molecule has 0 radical (unpaired) electrons. The molecule has 0 aliphatic rings. The highest BCUT2D eigenvalue weighted by Gasteiger charge is 2.19. The van der Waals surface area contributed by atoms with E-state index in [0.29, 0.717) is 30.5 Å². The topological polar surface area (TPSA) is 35.5 Å². The van der Waals surface area contributed by atoms with Crippen LogP contribution in [0.5, 0.6) is 0 Å². The Kier molecular flexibility index (Phi) is 9.89. The molecule has 3 nitrogen and oxygen atoms in total. The molecular weight excluding hydrogens is 228 g/mol. The van der Waals surface area contributed by atoms with Gasteiger partial charge in [0.25, 0.3) is 0 Å². The first kappa shape index (κ1) is 17.3. The number of allylic oxidation sites excluding steroid dienone is 1. The van der Waals surface area contributed by atoms with Crippen LogP contribution in [0.4, 0.5) is 0 Å². The Balaban J connectivity index is 4.11. The van der Waals surface area contributed by atoms with Crippen LogP contribution in [0.1, 0.15) is 46.0 Å². The summed E-state index contributed by atoms with van der Waals surface area (Å²) in [5.41, 5.74) is 0. The molecular formula is C15H28O3. The summed E-state index contributed by atoms with van der Waals surface area (Å²) in [6.45, 7) is 8.00. The van der Waals surface area contributed by atoms with Gasteiger partial charge in [0.1, 0.15) is 5.78 Å². The maximum atomic E-state index is 11.6. The van der Waals surface area contributed by atoms with E-state index in [1.54, 1.807) is 20.3 Å². The predicted octanol–water partition coefficient (Wildman–Crippen LogP) is 3.58. The van der Waals surface area contributed by atoms with Gasteiger partial charge in [-0.25, -0.2) is 0 Å². The quantitative estimate of drug-likeness (QED) is 0.418. The molecule has 0 aromatic rings. The number of carbonyl (C=O) groups is 1. The van der Waals surface area contributed by atoms with E-state index in [-0.39, 0.29) is 6.29 Å². The van der Waals surface area contributed by atoms with Crippen molar-refractivity contribution < 1.29 is 14.3 Å². The number of rotatable bonds is 11. The van der Waals surface area contributed by atoms with Crippen LogP contribution in [0.3, 0.4) is 0 Å². The number of Topliss-reactive ketones (excluding diaryl/α,β-unsaturated/α-hetero) is 1. The van der Waals surface area contributed by atoms with E-state index in [1.165, 1.54) is 0 Å². The molecule has 0 amide bonds. The standard InChI is InChI=1S/C15H28O3/c1-6-7-8-14(16)10-9-13(12(2)3)11-15(17-4)18-5/h6,12-13,15H,1,7-11H2,2-5H3. The SMILES string of the molecule is C=CCCC(=O)CCC(CC(OC)OC)C(C)C. The van der Waals surface area contributed by atoms with Crippen LogP contribution >= 0.6 is 0 Å². The van der Waals surface area contributed by atoms with Gasteiger partial charge in [-0.15, -0.1) is 6.58 Å². The Morgan fingerprint density at radius 3 is 2.28 bits per heavy atom. The van der Waals surface area contributed by atoms with Crippen LogP contribution in [-0.2, 0) is 14.3 Å². The summed E-state index contributed by atoms with van der Waals surface area (Å²) in [6.07, 6.45) is 5.44. The van der Waals surface area contributed by atoms with Gasteiger partial charge in [0.15, 0.2) is 6.29 Å². The highest BCUT2D eigenvalue weighted by atomic mass is 16.7. The molecule has 106 valence electrons. The van der Waals surface area contributed by atoms with E-state index in [1.807, 2.05) is 0 Å². The van der Waals surface area contributed by atoms with Crippen LogP contribution in [-0.4, -0.2) is 26.3 Å². The minimum Gasteiger partial charge on any atom is -0.356 e. The molecule has 0 aromatic carbocycles. The molecule has 18 heavy (non-hydrogen) atoms. The van der Waals surface area contributed by atoms with Crippen molar-refractivity contribution in [3.8, 4) is 0 Å². The Morgan fingerprint density at radius 1 is 1.22 bits per heavy atom. The minimum atomic E-state index is -0.166. The van der Waals surface area contributed by atoms with Gasteiger partial charge in [0, 0.05) is 33.5 Å². The Bertz CT molecular complexity index is 232. The van der Waals surface area contributed by atoms with Crippen LogP contribution < -0.4 is 0 Å². The number of hydrogen-bond acceptors (Lipinski definition) is 3. The van der Waals surface area contributed by atoms with Gasteiger partial charge in [0.2, 0.25) is 0 Å². The van der Waals surface area contributed by atoms with Gasteiger partial charge in [-0.2, -0.15) is 0 Å². The molecule has 1 atom stereocenters. The van der Waals surface area contributed by atoms with E-state index in [2.05, 4.69) is 20.4 Å². The van der Waals surface area contributed by atoms with Gasteiger partial charge >= 0.3 is 0 Å². The normalized spacial score (nSPS) is 13.0. The third-order valence-corrected chi connectivity index (χ3v) is 3.39. The third kappa shape index (κ3) is 7.62. The summed E-state index contributed by atoms with van der Waals surface area (Å²) >= 11 is 0. The van der Waals surface area contributed by atoms with Crippen molar-refractivity contribution in [3.63, 3.8) is 0 Å². The van der Waals surface area contributed by atoms with Crippen molar-refractivity contribution in [2.45, 2.75) is 52.2 Å². The second-order valence-corrected chi connectivity index (χ2v) is 5.05. The van der Waals surface area contributed by atoms with Crippen molar-refractivity contribution in [2.75, 3.05) is 14.2 Å². The maximum absolute atomic E-state index is 11.6. The fourth-order valence-electron chi connectivity index (χ4n) is 1.99. The minimum absolute atomic E-state index is 0.166. The number of carbonyl (C=O) groups excluding carboxylic acids is 1. The van der Waals surface area contributed by atoms with Crippen molar-refractivity contribution in [1.82, 2.24) is 0 Å². The molecule has 0 saturated carbocycles. The molecule has 0 rings (SSSR count). The number of ketones is 1. The molecule has 0 fully saturated rings. The van der Waals surface area contributed by atoms with Gasteiger partial charge in [0.05, 0.1) is 0 Å². The molecule has 0 heterocycles. The lowest BCUT2D eigenvalue weighted by Gasteiger charge is -2.24. The third-order valence-electron chi connectivity index (χ3n) is 3.39. The van der Waals surface area contributed by atoms with E-state index < -0.39 is 0 Å². The zero-order valence-corrected chi connectivity index (χ0v) is 12.3. The van der Waals surface area contributed by atoms with Gasteiger partial charge < -0.3 is 9.47 Å². The van der Waals surface area contributed by atoms with Crippen LogP contribution in [0.25, 0.3) is 0 Å². The first-order valence-electron chi connectivity index (χ1n) is 6.73. The average Bonchev–Trinajstić information content (AvgIpc) is 2.36. The molecule has 0 N–H and O–H groups in total. The molecule has 0 aromatic heterocycles. The highest BCUT2D eigenvalue weighted by Crippen LogP contribution is 2.24. The van der Waals surface area contributed by atoms with Crippen LogP contribution in [0, 0.1) is 11.8 Å². The Hall–Kier alpha value is -0.670. The number of methoxy groups -OCH3 is 2. The van der Waals surface area contributed by atoms with Crippen molar-refractivity contribution in [1.29, 1.82) is 0 Å².